The van der Waals surface area contributed by atoms with Crippen LogP contribution in [0.5, 0.6) is 0 Å². The molecule has 1 atom stereocenters. The van der Waals surface area contributed by atoms with Gasteiger partial charge < -0.3 is 5.11 Å². The van der Waals surface area contributed by atoms with Crippen molar-refractivity contribution in [3.63, 3.8) is 0 Å². The minimum absolute atomic E-state index is 0.0549. The van der Waals surface area contributed by atoms with Crippen molar-refractivity contribution in [1.82, 2.24) is 0 Å². The van der Waals surface area contributed by atoms with Gasteiger partial charge in [0.05, 0.1) is 11.7 Å². The second-order valence-corrected chi connectivity index (χ2v) is 3.24. The molecule has 92 valence electrons. The first-order valence-corrected chi connectivity index (χ1v) is 4.54. The lowest BCUT2D eigenvalue weighted by atomic mass is 10.0. The Morgan fingerprint density at radius 3 is 1.76 bits per heavy atom. The molecule has 0 aromatic heterocycles. The van der Waals surface area contributed by atoms with E-state index >= 15 is 0 Å². The molecular formula is C11H7F5O. The van der Waals surface area contributed by atoms with Gasteiger partial charge in [-0.05, 0) is 6.42 Å². The van der Waals surface area contributed by atoms with E-state index in [1.165, 1.54) is 0 Å². The molecule has 0 aliphatic heterocycles. The van der Waals surface area contributed by atoms with Crippen LogP contribution in [0.3, 0.4) is 0 Å². The van der Waals surface area contributed by atoms with E-state index in [0.717, 1.165) is 0 Å². The second-order valence-electron chi connectivity index (χ2n) is 3.24. The molecule has 1 unspecified atom stereocenters. The van der Waals surface area contributed by atoms with Crippen LogP contribution in [0.1, 0.15) is 24.5 Å². The number of aliphatic hydroxyl groups excluding tert-OH is 1. The third kappa shape index (κ3) is 2.39. The second kappa shape index (κ2) is 5.15. The van der Waals surface area contributed by atoms with Gasteiger partial charge in [-0.15, -0.1) is 12.3 Å². The number of terminal acetylenes is 1. The van der Waals surface area contributed by atoms with E-state index in [1.54, 1.807) is 0 Å². The summed E-state index contributed by atoms with van der Waals surface area (Å²) in [6.07, 6.45) is 2.67. The van der Waals surface area contributed by atoms with Gasteiger partial charge in [-0.1, -0.05) is 0 Å². The molecule has 6 heteroatoms. The maximum Gasteiger partial charge on any atom is 0.200 e. The van der Waals surface area contributed by atoms with Gasteiger partial charge in [0.1, 0.15) is 0 Å². The lowest BCUT2D eigenvalue weighted by Crippen LogP contribution is -2.11. The molecule has 1 nitrogen and oxygen atoms in total. The summed E-state index contributed by atoms with van der Waals surface area (Å²) in [7, 11) is 0. The van der Waals surface area contributed by atoms with Gasteiger partial charge in [0.25, 0.3) is 0 Å². The Kier molecular flexibility index (Phi) is 4.07. The summed E-state index contributed by atoms with van der Waals surface area (Å²) < 4.78 is 64.5. The molecule has 1 N–H and O–H groups in total. The highest BCUT2D eigenvalue weighted by Crippen LogP contribution is 2.29. The number of halogens is 5. The highest BCUT2D eigenvalue weighted by atomic mass is 19.2. The van der Waals surface area contributed by atoms with Crippen molar-refractivity contribution in [2.75, 3.05) is 0 Å². The normalized spacial score (nSPS) is 12.3. The van der Waals surface area contributed by atoms with Gasteiger partial charge in [-0.25, -0.2) is 22.0 Å². The van der Waals surface area contributed by atoms with Crippen LogP contribution in [-0.4, -0.2) is 5.11 Å². The topological polar surface area (TPSA) is 20.2 Å². The number of benzene rings is 1. The number of aliphatic hydroxyl groups is 1. The van der Waals surface area contributed by atoms with E-state index in [4.69, 9.17) is 6.42 Å². The van der Waals surface area contributed by atoms with Crippen LogP contribution in [0.2, 0.25) is 0 Å². The average molecular weight is 250 g/mol. The molecular weight excluding hydrogens is 243 g/mol. The van der Waals surface area contributed by atoms with Gasteiger partial charge >= 0.3 is 0 Å². The summed E-state index contributed by atoms with van der Waals surface area (Å²) in [5.74, 6) is -8.42. The zero-order valence-electron chi connectivity index (χ0n) is 8.41. The summed E-state index contributed by atoms with van der Waals surface area (Å²) in [6.45, 7) is 0. The minimum atomic E-state index is -2.26. The Hall–Kier alpha value is -1.61. The van der Waals surface area contributed by atoms with Crippen molar-refractivity contribution in [2.24, 2.45) is 0 Å². The molecule has 1 aromatic carbocycles. The van der Waals surface area contributed by atoms with Crippen molar-refractivity contribution in [3.8, 4) is 12.3 Å². The zero-order chi connectivity index (χ0) is 13.2. The van der Waals surface area contributed by atoms with Gasteiger partial charge in [0, 0.05) is 6.42 Å². The predicted octanol–water partition coefficient (Wildman–Crippen LogP) is 2.83. The molecule has 0 saturated heterocycles. The van der Waals surface area contributed by atoms with E-state index < -0.39 is 40.8 Å². The highest BCUT2D eigenvalue weighted by molar-refractivity contribution is 5.26. The summed E-state index contributed by atoms with van der Waals surface area (Å²) in [5.41, 5.74) is -1.25. The van der Waals surface area contributed by atoms with E-state index in [-0.39, 0.29) is 12.8 Å². The van der Waals surface area contributed by atoms with Crippen LogP contribution >= 0.6 is 0 Å². The maximum absolute atomic E-state index is 13.1. The summed E-state index contributed by atoms with van der Waals surface area (Å²) in [4.78, 5) is 0. The van der Waals surface area contributed by atoms with Crippen LogP contribution in [0.4, 0.5) is 22.0 Å². The molecule has 0 aliphatic rings. The minimum Gasteiger partial charge on any atom is -0.388 e. The van der Waals surface area contributed by atoms with Gasteiger partial charge in [0.15, 0.2) is 23.3 Å². The molecule has 0 radical (unpaired) electrons. The van der Waals surface area contributed by atoms with Crippen LogP contribution in [0.15, 0.2) is 0 Å². The fourth-order valence-electron chi connectivity index (χ4n) is 1.28. The smallest absolute Gasteiger partial charge is 0.200 e. The Morgan fingerprint density at radius 1 is 0.941 bits per heavy atom. The summed E-state index contributed by atoms with van der Waals surface area (Å²) >= 11 is 0. The molecule has 1 rings (SSSR count). The van der Waals surface area contributed by atoms with E-state index in [1.807, 2.05) is 0 Å². The fraction of sp³-hybridized carbons (Fsp3) is 0.273. The molecule has 17 heavy (non-hydrogen) atoms. The first kappa shape index (κ1) is 13.5. The molecule has 0 spiro atoms. The molecule has 0 fully saturated rings. The van der Waals surface area contributed by atoms with E-state index in [2.05, 4.69) is 5.92 Å². The van der Waals surface area contributed by atoms with Crippen molar-refractivity contribution >= 4 is 0 Å². The quantitative estimate of drug-likeness (QED) is 0.378. The monoisotopic (exact) mass is 250 g/mol. The SMILES string of the molecule is C#CCCC(O)c1c(F)c(F)c(F)c(F)c1F. The fourth-order valence-corrected chi connectivity index (χ4v) is 1.28. The first-order chi connectivity index (χ1) is 7.91. The lowest BCUT2D eigenvalue weighted by Gasteiger charge is -2.13. The molecule has 0 bridgehead atoms. The van der Waals surface area contributed by atoms with Crippen LogP contribution in [0.25, 0.3) is 0 Å². The van der Waals surface area contributed by atoms with Crippen LogP contribution < -0.4 is 0 Å². The molecule has 1 aromatic rings. The molecule has 0 heterocycles. The zero-order valence-corrected chi connectivity index (χ0v) is 8.41. The Morgan fingerprint density at radius 2 is 1.35 bits per heavy atom. The number of rotatable bonds is 3. The standard InChI is InChI=1S/C11H7F5O/c1-2-3-4-5(17)6-7(12)9(14)11(16)10(15)8(6)13/h1,5,17H,3-4H2. The van der Waals surface area contributed by atoms with Crippen molar-refractivity contribution in [3.05, 3.63) is 34.6 Å². The molecule has 0 aliphatic carbocycles. The Bertz CT molecular complexity index is 449. The van der Waals surface area contributed by atoms with Crippen molar-refractivity contribution in [1.29, 1.82) is 0 Å². The largest absolute Gasteiger partial charge is 0.388 e. The Balaban J connectivity index is 3.29. The lowest BCUT2D eigenvalue weighted by molar-refractivity contribution is 0.155. The maximum atomic E-state index is 13.1. The first-order valence-electron chi connectivity index (χ1n) is 4.54. The third-order valence-electron chi connectivity index (χ3n) is 2.14. The Labute approximate surface area is 93.9 Å². The van der Waals surface area contributed by atoms with Crippen molar-refractivity contribution in [2.45, 2.75) is 18.9 Å². The highest BCUT2D eigenvalue weighted by Gasteiger charge is 2.29. The molecule has 0 amide bonds. The van der Waals surface area contributed by atoms with E-state index in [0.29, 0.717) is 0 Å². The van der Waals surface area contributed by atoms with Gasteiger partial charge in [-0.2, -0.15) is 0 Å². The predicted molar refractivity (Wildman–Crippen MR) is 49.3 cm³/mol. The molecule has 0 saturated carbocycles. The number of hydrogen-bond donors (Lipinski definition) is 1. The van der Waals surface area contributed by atoms with Gasteiger partial charge in [0.2, 0.25) is 5.82 Å². The summed E-state index contributed by atoms with van der Waals surface area (Å²) in [5, 5.41) is 9.32. The van der Waals surface area contributed by atoms with Crippen LogP contribution in [0, 0.1) is 41.4 Å². The van der Waals surface area contributed by atoms with Gasteiger partial charge in [-0.3, -0.25) is 0 Å². The number of hydrogen-bond acceptors (Lipinski definition) is 1. The summed E-state index contributed by atoms with van der Waals surface area (Å²) in [6, 6.07) is 0. The van der Waals surface area contributed by atoms with E-state index in [9.17, 15) is 27.1 Å². The van der Waals surface area contributed by atoms with Crippen molar-refractivity contribution < 1.29 is 27.1 Å². The van der Waals surface area contributed by atoms with Crippen LogP contribution in [-0.2, 0) is 0 Å². The third-order valence-corrected chi connectivity index (χ3v) is 2.14. The average Bonchev–Trinajstić information content (AvgIpc) is 2.31.